The van der Waals surface area contributed by atoms with Gasteiger partial charge in [0.05, 0.1) is 22.3 Å². The molecular weight excluding hydrogens is 417 g/mol. The summed E-state index contributed by atoms with van der Waals surface area (Å²) < 4.78 is 73.7. The Morgan fingerprint density at radius 1 is 1.34 bits per heavy atom. The van der Waals surface area contributed by atoms with Crippen LogP contribution in [0.1, 0.15) is 41.1 Å². The van der Waals surface area contributed by atoms with Crippen LogP contribution < -0.4 is 0 Å². The summed E-state index contributed by atoms with van der Waals surface area (Å²) in [6.45, 7) is -0.261. The molecule has 0 amide bonds. The maximum atomic E-state index is 14.4. The predicted molar refractivity (Wildman–Crippen MR) is 109 cm³/mol. The second kappa shape index (κ2) is 7.15. The summed E-state index contributed by atoms with van der Waals surface area (Å²) in [5, 5.41) is 9.39. The zero-order valence-corrected chi connectivity index (χ0v) is 16.9. The first kappa shape index (κ1) is 15.5. The van der Waals surface area contributed by atoms with Gasteiger partial charge in [-0.15, -0.1) is 0 Å². The molecule has 1 N–H and O–H groups in total. The SMILES string of the molecule is [2H]c1c([2H])c(Cn2c3c(c4cc(F)cc(S(C)(=O)=O)c42)CC[C@@H]3CC(=O)O)c([2H])c([2H])c1Cl. The fraction of sp³-hybridized carbons (Fsp3) is 0.286. The first-order valence-electron chi connectivity index (χ1n) is 10.8. The number of hydrogen-bond donors (Lipinski definition) is 1. The number of aryl methyl sites for hydroxylation is 1. The van der Waals surface area contributed by atoms with Crippen molar-refractivity contribution in [3.8, 4) is 0 Å². The Bertz CT molecular complexity index is 1430. The van der Waals surface area contributed by atoms with Gasteiger partial charge in [0.2, 0.25) is 0 Å². The van der Waals surface area contributed by atoms with E-state index < -0.39 is 39.6 Å². The number of nitrogens with zero attached hydrogens (tertiary/aromatic N) is 1. The van der Waals surface area contributed by atoms with Gasteiger partial charge in [-0.1, -0.05) is 23.7 Å². The molecule has 0 saturated carbocycles. The first-order chi connectivity index (χ1) is 15.3. The Morgan fingerprint density at radius 3 is 2.66 bits per heavy atom. The highest BCUT2D eigenvalue weighted by atomic mass is 35.5. The lowest BCUT2D eigenvalue weighted by Gasteiger charge is -2.17. The lowest BCUT2D eigenvalue weighted by Crippen LogP contribution is -2.12. The van der Waals surface area contributed by atoms with E-state index in [1.165, 1.54) is 10.6 Å². The van der Waals surface area contributed by atoms with E-state index in [4.69, 9.17) is 17.1 Å². The minimum Gasteiger partial charge on any atom is -0.481 e. The molecule has 3 aromatic rings. The topological polar surface area (TPSA) is 76.4 Å². The van der Waals surface area contributed by atoms with Crippen LogP contribution in [0.4, 0.5) is 4.39 Å². The van der Waals surface area contributed by atoms with Crippen LogP contribution in [0.3, 0.4) is 0 Å². The molecule has 152 valence electrons. The zero-order chi connectivity index (χ0) is 24.4. The summed E-state index contributed by atoms with van der Waals surface area (Å²) in [5.41, 5.74) is 1.27. The van der Waals surface area contributed by atoms with Gasteiger partial charge in [-0.05, 0) is 48.2 Å². The Labute approximate surface area is 178 Å². The number of benzene rings is 2. The van der Waals surface area contributed by atoms with Gasteiger partial charge in [-0.3, -0.25) is 4.79 Å². The van der Waals surface area contributed by atoms with E-state index in [-0.39, 0.29) is 46.0 Å². The molecule has 2 aromatic carbocycles. The smallest absolute Gasteiger partial charge is 0.304 e. The van der Waals surface area contributed by atoms with Crippen LogP contribution in [0.15, 0.2) is 41.2 Å². The van der Waals surface area contributed by atoms with Gasteiger partial charge in [0, 0.05) is 34.8 Å². The van der Waals surface area contributed by atoms with E-state index >= 15 is 0 Å². The molecular formula is C21H19ClFNO4S. The molecule has 0 bridgehead atoms. The number of rotatable bonds is 5. The molecule has 1 aliphatic carbocycles. The van der Waals surface area contributed by atoms with Crippen LogP contribution in [-0.4, -0.2) is 30.3 Å². The molecule has 0 radical (unpaired) electrons. The molecule has 1 aliphatic rings. The van der Waals surface area contributed by atoms with E-state index in [2.05, 4.69) is 0 Å². The highest BCUT2D eigenvalue weighted by molar-refractivity contribution is 7.91. The lowest BCUT2D eigenvalue weighted by atomic mass is 10.0. The molecule has 1 atom stereocenters. The molecule has 0 spiro atoms. The quantitative estimate of drug-likeness (QED) is 0.639. The van der Waals surface area contributed by atoms with Crippen LogP contribution >= 0.6 is 11.6 Å². The van der Waals surface area contributed by atoms with E-state index in [1.54, 1.807) is 0 Å². The predicted octanol–water partition coefficient (Wildman–Crippen LogP) is 4.39. The summed E-state index contributed by atoms with van der Waals surface area (Å²) in [4.78, 5) is 11.2. The van der Waals surface area contributed by atoms with E-state index in [0.717, 1.165) is 12.3 Å². The monoisotopic (exact) mass is 439 g/mol. The molecule has 0 fully saturated rings. The molecule has 1 aromatic heterocycles. The number of halogens is 2. The summed E-state index contributed by atoms with van der Waals surface area (Å²) in [5.74, 6) is -2.28. The van der Waals surface area contributed by atoms with Crippen molar-refractivity contribution in [2.24, 2.45) is 0 Å². The minimum atomic E-state index is -3.90. The average Bonchev–Trinajstić information content (AvgIpc) is 3.25. The van der Waals surface area contributed by atoms with Crippen LogP contribution in [-0.2, 0) is 27.6 Å². The van der Waals surface area contributed by atoms with E-state index in [9.17, 15) is 22.7 Å². The highest BCUT2D eigenvalue weighted by Crippen LogP contribution is 2.44. The Kier molecular flexibility index (Phi) is 3.81. The van der Waals surface area contributed by atoms with Gasteiger partial charge >= 0.3 is 5.97 Å². The number of carboxylic acids is 1. The third kappa shape index (κ3) is 3.65. The third-order valence-electron chi connectivity index (χ3n) is 5.15. The summed E-state index contributed by atoms with van der Waals surface area (Å²) >= 11 is 5.91. The number of sulfone groups is 1. The molecule has 29 heavy (non-hydrogen) atoms. The number of carbonyl (C=O) groups is 1. The molecule has 8 heteroatoms. The van der Waals surface area contributed by atoms with Crippen LogP contribution in [0.2, 0.25) is 5.02 Å². The molecule has 0 aliphatic heterocycles. The largest absolute Gasteiger partial charge is 0.481 e. The van der Waals surface area contributed by atoms with Gasteiger partial charge in [0.1, 0.15) is 5.82 Å². The number of hydrogen-bond acceptors (Lipinski definition) is 3. The van der Waals surface area contributed by atoms with Crippen LogP contribution in [0.5, 0.6) is 0 Å². The number of aliphatic carboxylic acids is 1. The normalized spacial score (nSPS) is 18.2. The second-order valence-electron chi connectivity index (χ2n) is 7.15. The van der Waals surface area contributed by atoms with E-state index in [1.807, 2.05) is 0 Å². The Balaban J connectivity index is 2.09. The fourth-order valence-corrected chi connectivity index (χ4v) is 5.10. The maximum absolute atomic E-state index is 14.4. The number of fused-ring (bicyclic) bond motifs is 3. The second-order valence-corrected chi connectivity index (χ2v) is 9.51. The number of aromatic nitrogens is 1. The molecule has 0 unspecified atom stereocenters. The zero-order valence-electron chi connectivity index (χ0n) is 19.3. The van der Waals surface area contributed by atoms with Crippen molar-refractivity contribution in [2.75, 3.05) is 6.26 Å². The van der Waals surface area contributed by atoms with Crippen molar-refractivity contribution >= 4 is 38.3 Å². The summed E-state index contributed by atoms with van der Waals surface area (Å²) in [6.07, 6.45) is 1.60. The van der Waals surface area contributed by atoms with Gasteiger partial charge < -0.3 is 9.67 Å². The summed E-state index contributed by atoms with van der Waals surface area (Å²) in [7, 11) is -3.90. The van der Waals surface area contributed by atoms with Gasteiger partial charge in [-0.25, -0.2) is 12.8 Å². The summed E-state index contributed by atoms with van der Waals surface area (Å²) in [6, 6.07) is 0.473. The first-order valence-corrected chi connectivity index (χ1v) is 11.1. The van der Waals surface area contributed by atoms with Crippen molar-refractivity contribution in [3.05, 3.63) is 64.0 Å². The van der Waals surface area contributed by atoms with Crippen LogP contribution in [0.25, 0.3) is 10.9 Å². The number of carboxylic acid groups (broad SMARTS) is 1. The molecule has 4 rings (SSSR count). The fourth-order valence-electron chi connectivity index (χ4n) is 4.11. The average molecular weight is 440 g/mol. The van der Waals surface area contributed by atoms with Gasteiger partial charge in [0.15, 0.2) is 9.84 Å². The molecule has 0 saturated heterocycles. The van der Waals surface area contributed by atoms with Crippen molar-refractivity contribution in [1.82, 2.24) is 4.57 Å². The van der Waals surface area contributed by atoms with Crippen LogP contribution in [0, 0.1) is 5.82 Å². The third-order valence-corrected chi connectivity index (χ3v) is 6.45. The Hall–Kier alpha value is -2.38. The van der Waals surface area contributed by atoms with Crippen molar-refractivity contribution < 1.29 is 28.2 Å². The van der Waals surface area contributed by atoms with Gasteiger partial charge in [-0.2, -0.15) is 0 Å². The molecule has 1 heterocycles. The minimum absolute atomic E-state index is 0.0288. The lowest BCUT2D eigenvalue weighted by molar-refractivity contribution is -0.137. The molecule has 5 nitrogen and oxygen atoms in total. The standard InChI is InChI=1S/C21H19ClFNO4S/c1-29(27,28)18-10-15(23)9-17-16-7-4-13(8-19(25)26)20(16)24(21(17)18)11-12-2-5-14(22)6-3-12/h2-3,5-6,9-10,13H,4,7-8,11H2,1H3,(H,25,26)/t13-/m1/s1/i2D,3D,5D,6D. The van der Waals surface area contributed by atoms with E-state index in [0.29, 0.717) is 29.5 Å². The van der Waals surface area contributed by atoms with Crippen molar-refractivity contribution in [2.45, 2.75) is 36.6 Å². The van der Waals surface area contributed by atoms with Crippen molar-refractivity contribution in [1.29, 1.82) is 0 Å². The Morgan fingerprint density at radius 2 is 2.03 bits per heavy atom. The van der Waals surface area contributed by atoms with Gasteiger partial charge in [0.25, 0.3) is 0 Å². The van der Waals surface area contributed by atoms with Crippen molar-refractivity contribution in [3.63, 3.8) is 0 Å². The highest BCUT2D eigenvalue weighted by Gasteiger charge is 2.33. The maximum Gasteiger partial charge on any atom is 0.304 e.